The molecule has 0 saturated heterocycles. The lowest BCUT2D eigenvalue weighted by molar-refractivity contribution is -0.144. The number of ether oxygens (including phenoxy) is 3. The molecule has 1 heterocycles. The highest BCUT2D eigenvalue weighted by Crippen LogP contribution is 2.53. The number of carboxylic acid groups (broad SMARTS) is 1. The summed E-state index contributed by atoms with van der Waals surface area (Å²) in [6.07, 6.45) is -0.909. The summed E-state index contributed by atoms with van der Waals surface area (Å²) >= 11 is 0. The van der Waals surface area contributed by atoms with Crippen LogP contribution in [0.15, 0.2) is 72.8 Å². The molecule has 0 spiro atoms. The van der Waals surface area contributed by atoms with Crippen LogP contribution in [0, 0.1) is 0 Å². The molecule has 3 atom stereocenters. The Kier molecular flexibility index (Phi) is 5.83. The van der Waals surface area contributed by atoms with Crippen molar-refractivity contribution in [1.82, 2.24) is 0 Å². The summed E-state index contributed by atoms with van der Waals surface area (Å²) in [5, 5.41) is 9.12. The van der Waals surface area contributed by atoms with Gasteiger partial charge in [0.2, 0.25) is 0 Å². The molecule has 5 heteroatoms. The predicted octanol–water partition coefficient (Wildman–Crippen LogP) is 5.63. The molecule has 0 saturated carbocycles. The Hall–Kier alpha value is -3.47. The topological polar surface area (TPSA) is 65.0 Å². The minimum atomic E-state index is -0.993. The van der Waals surface area contributed by atoms with E-state index in [1.165, 1.54) is 12.5 Å². The van der Waals surface area contributed by atoms with Gasteiger partial charge in [-0.05, 0) is 50.1 Å². The Bertz CT molecular complexity index is 1090. The molecule has 0 radical (unpaired) electrons. The third-order valence-corrected chi connectivity index (χ3v) is 6.07. The minimum absolute atomic E-state index is 0.0352. The number of hydrogen-bond acceptors (Lipinski definition) is 4. The van der Waals surface area contributed by atoms with Crippen LogP contribution in [0.4, 0.5) is 0 Å². The van der Waals surface area contributed by atoms with Crippen molar-refractivity contribution in [3.05, 3.63) is 89.5 Å². The fourth-order valence-electron chi connectivity index (χ4n) is 4.55. The Morgan fingerprint density at radius 2 is 1.62 bits per heavy atom. The Balaban J connectivity index is 1.81. The van der Waals surface area contributed by atoms with Crippen LogP contribution >= 0.6 is 0 Å². The molecule has 3 aromatic rings. The summed E-state index contributed by atoms with van der Waals surface area (Å²) in [5.74, 6) is 1.20. The van der Waals surface area contributed by atoms with Gasteiger partial charge in [-0.2, -0.15) is 0 Å². The van der Waals surface area contributed by atoms with Crippen molar-refractivity contribution in [2.45, 2.75) is 44.3 Å². The van der Waals surface area contributed by atoms with Gasteiger partial charge >= 0.3 is 5.97 Å². The van der Waals surface area contributed by atoms with E-state index in [0.29, 0.717) is 5.75 Å². The van der Waals surface area contributed by atoms with Gasteiger partial charge in [0.05, 0.1) is 7.11 Å². The molecule has 4 rings (SSSR count). The molecule has 1 unspecified atom stereocenters. The second kappa shape index (κ2) is 8.58. The van der Waals surface area contributed by atoms with E-state index in [9.17, 15) is 4.79 Å². The quantitative estimate of drug-likeness (QED) is 0.547. The molecule has 1 aliphatic rings. The van der Waals surface area contributed by atoms with Crippen molar-refractivity contribution < 1.29 is 24.1 Å². The van der Waals surface area contributed by atoms with Crippen molar-refractivity contribution in [3.63, 3.8) is 0 Å². The van der Waals surface area contributed by atoms with E-state index in [4.69, 9.17) is 19.3 Å². The molecular weight excluding hydrogens is 404 g/mol. The highest BCUT2D eigenvalue weighted by Gasteiger charge is 2.45. The number of aliphatic carboxylic acids is 1. The second-order valence-corrected chi connectivity index (χ2v) is 8.64. The zero-order chi connectivity index (χ0) is 22.9. The summed E-state index contributed by atoms with van der Waals surface area (Å²) in [7, 11) is 1.65. The van der Waals surface area contributed by atoms with Gasteiger partial charge in [0.25, 0.3) is 0 Å². The van der Waals surface area contributed by atoms with Crippen LogP contribution in [0.3, 0.4) is 0 Å². The highest BCUT2D eigenvalue weighted by atomic mass is 16.5. The SMILES string of the molecule is COc1ccc2c(c1)OC(C)(C)[C@@H](c1ccccc1)[C@@H]2c1ccc(OC(C)C(=O)O)cc1. The summed E-state index contributed by atoms with van der Waals surface area (Å²) in [6.45, 7) is 5.75. The van der Waals surface area contributed by atoms with Gasteiger partial charge in [0.15, 0.2) is 6.10 Å². The van der Waals surface area contributed by atoms with Crippen LogP contribution in [0.25, 0.3) is 0 Å². The molecule has 0 fully saturated rings. The van der Waals surface area contributed by atoms with E-state index in [1.54, 1.807) is 7.11 Å². The number of methoxy groups -OCH3 is 1. The maximum absolute atomic E-state index is 11.1. The monoisotopic (exact) mass is 432 g/mol. The van der Waals surface area contributed by atoms with E-state index in [0.717, 1.165) is 22.6 Å². The zero-order valence-electron chi connectivity index (χ0n) is 18.7. The van der Waals surface area contributed by atoms with Crippen LogP contribution in [0.1, 0.15) is 49.3 Å². The molecule has 0 amide bonds. The first kappa shape index (κ1) is 21.8. The van der Waals surface area contributed by atoms with Gasteiger partial charge < -0.3 is 19.3 Å². The third kappa shape index (κ3) is 4.15. The maximum atomic E-state index is 11.1. The lowest BCUT2D eigenvalue weighted by atomic mass is 9.68. The van der Waals surface area contributed by atoms with Crippen molar-refractivity contribution in [3.8, 4) is 17.2 Å². The Morgan fingerprint density at radius 3 is 2.25 bits per heavy atom. The van der Waals surface area contributed by atoms with Gasteiger partial charge in [0, 0.05) is 23.5 Å². The molecule has 32 heavy (non-hydrogen) atoms. The molecule has 0 bridgehead atoms. The van der Waals surface area contributed by atoms with Crippen molar-refractivity contribution in [1.29, 1.82) is 0 Å². The van der Waals surface area contributed by atoms with Crippen molar-refractivity contribution in [2.75, 3.05) is 7.11 Å². The normalized spacial score (nSPS) is 19.9. The predicted molar refractivity (Wildman–Crippen MR) is 123 cm³/mol. The Morgan fingerprint density at radius 1 is 0.969 bits per heavy atom. The van der Waals surface area contributed by atoms with E-state index in [2.05, 4.69) is 44.2 Å². The summed E-state index contributed by atoms with van der Waals surface area (Å²) in [4.78, 5) is 11.1. The average Bonchev–Trinajstić information content (AvgIpc) is 2.78. The van der Waals surface area contributed by atoms with E-state index in [1.807, 2.05) is 42.5 Å². The smallest absolute Gasteiger partial charge is 0.344 e. The number of carbonyl (C=O) groups is 1. The van der Waals surface area contributed by atoms with Crippen LogP contribution in [-0.4, -0.2) is 29.9 Å². The summed E-state index contributed by atoms with van der Waals surface area (Å²) in [5.41, 5.74) is 2.92. The van der Waals surface area contributed by atoms with Crippen LogP contribution < -0.4 is 14.2 Å². The largest absolute Gasteiger partial charge is 0.497 e. The number of fused-ring (bicyclic) bond motifs is 1. The number of hydrogen-bond donors (Lipinski definition) is 1. The van der Waals surface area contributed by atoms with Crippen LogP contribution in [-0.2, 0) is 4.79 Å². The van der Waals surface area contributed by atoms with Crippen molar-refractivity contribution >= 4 is 5.97 Å². The van der Waals surface area contributed by atoms with E-state index >= 15 is 0 Å². The van der Waals surface area contributed by atoms with E-state index in [-0.39, 0.29) is 11.8 Å². The van der Waals surface area contributed by atoms with Crippen molar-refractivity contribution in [2.24, 2.45) is 0 Å². The number of benzene rings is 3. The highest BCUT2D eigenvalue weighted by molar-refractivity contribution is 5.72. The number of rotatable bonds is 6. The molecular formula is C27H28O5. The molecule has 1 aliphatic heterocycles. The van der Waals surface area contributed by atoms with Gasteiger partial charge in [-0.15, -0.1) is 0 Å². The van der Waals surface area contributed by atoms with Gasteiger partial charge in [-0.25, -0.2) is 4.79 Å². The van der Waals surface area contributed by atoms with Gasteiger partial charge in [-0.3, -0.25) is 0 Å². The van der Waals surface area contributed by atoms with E-state index < -0.39 is 17.7 Å². The standard InChI is InChI=1S/C27H28O5/c1-17(26(28)29)31-20-12-10-18(11-13-20)24-22-15-14-21(30-4)16-23(22)32-27(2,3)25(24)19-8-6-5-7-9-19/h5-17,24-25H,1-4H3,(H,28,29)/t17?,24-,25+/m1/s1. The Labute approximate surface area is 188 Å². The molecule has 3 aromatic carbocycles. The van der Waals surface area contributed by atoms with Gasteiger partial charge in [0.1, 0.15) is 22.8 Å². The fraction of sp³-hybridized carbons (Fsp3) is 0.296. The molecule has 166 valence electrons. The lowest BCUT2D eigenvalue weighted by Crippen LogP contribution is -2.43. The summed E-state index contributed by atoms with van der Waals surface area (Å²) < 4.78 is 17.5. The maximum Gasteiger partial charge on any atom is 0.344 e. The van der Waals surface area contributed by atoms with Crippen LogP contribution in [0.2, 0.25) is 0 Å². The molecule has 0 aliphatic carbocycles. The first-order valence-corrected chi connectivity index (χ1v) is 10.7. The van der Waals surface area contributed by atoms with Gasteiger partial charge in [-0.1, -0.05) is 48.5 Å². The molecule has 5 nitrogen and oxygen atoms in total. The minimum Gasteiger partial charge on any atom is -0.497 e. The second-order valence-electron chi connectivity index (χ2n) is 8.64. The molecule has 1 N–H and O–H groups in total. The number of carboxylic acids is 1. The van der Waals surface area contributed by atoms with Crippen LogP contribution in [0.5, 0.6) is 17.2 Å². The molecule has 0 aromatic heterocycles. The first-order chi connectivity index (χ1) is 15.3. The average molecular weight is 433 g/mol. The lowest BCUT2D eigenvalue weighted by Gasteiger charge is -2.45. The first-order valence-electron chi connectivity index (χ1n) is 10.7. The fourth-order valence-corrected chi connectivity index (χ4v) is 4.55. The third-order valence-electron chi connectivity index (χ3n) is 6.07. The summed E-state index contributed by atoms with van der Waals surface area (Å²) in [6, 6.07) is 24.1. The zero-order valence-corrected chi connectivity index (χ0v) is 18.7.